The number of halogens is 10. The van der Waals surface area contributed by atoms with Crippen LogP contribution in [-0.4, -0.2) is 36.3 Å². The Labute approximate surface area is 238 Å². The van der Waals surface area contributed by atoms with E-state index in [9.17, 15) is 49.1 Å². The van der Waals surface area contributed by atoms with Crippen molar-refractivity contribution in [3.05, 3.63) is 63.2 Å². The monoisotopic (exact) mass is 634 g/mol. The summed E-state index contributed by atoms with van der Waals surface area (Å²) in [6.07, 6.45) is -18.4. The minimum absolute atomic E-state index is 0.0827. The number of alkyl halides is 9. The lowest BCUT2D eigenvalue weighted by molar-refractivity contribution is -0.143. The quantitative estimate of drug-likeness (QED) is 0.315. The van der Waals surface area contributed by atoms with E-state index in [-0.39, 0.29) is 23.7 Å². The lowest BCUT2D eigenvalue weighted by Gasteiger charge is -2.43. The first-order valence-electron chi connectivity index (χ1n) is 12.2. The number of amides is 2. The zero-order chi connectivity index (χ0) is 31.9. The molecule has 0 radical (unpaired) electrons. The first-order valence-corrected chi connectivity index (χ1v) is 12.6. The second-order valence-corrected chi connectivity index (χ2v) is 10.2. The molecule has 0 N–H and O–H groups in total. The Bertz CT molecular complexity index is 1310. The van der Waals surface area contributed by atoms with E-state index in [4.69, 9.17) is 21.1 Å². The highest BCUT2D eigenvalue weighted by Crippen LogP contribution is 2.47. The Kier molecular flexibility index (Phi) is 9.26. The second kappa shape index (κ2) is 11.7. The molecule has 1 heterocycles. The zero-order valence-electron chi connectivity index (χ0n) is 22.3. The molecule has 2 atom stereocenters. The average Bonchev–Trinajstić information content (AvgIpc) is 2.84. The molecule has 0 bridgehead atoms. The molecule has 0 unspecified atom stereocenters. The highest BCUT2D eigenvalue weighted by atomic mass is 35.5. The van der Waals surface area contributed by atoms with Gasteiger partial charge in [0.05, 0.1) is 46.7 Å². The van der Waals surface area contributed by atoms with E-state index in [0.717, 1.165) is 23.0 Å². The fraction of sp³-hybridized carbons (Fsp3) is 0.462. The SMILES string of the molecule is COC(=O)N(Cc1cc(C(F)(F)F)cc(C(F)(F)F)c1)[C@@H]1C[C@H](C)N(C(=O)OC(C)C)c2cc(C(F)(F)F)c(Cl)cc21. The van der Waals surface area contributed by atoms with Gasteiger partial charge in [0.25, 0.3) is 0 Å². The first-order chi connectivity index (χ1) is 19.1. The van der Waals surface area contributed by atoms with Crippen LogP contribution in [0, 0.1) is 0 Å². The molecule has 0 spiro atoms. The molecule has 3 rings (SSSR count). The van der Waals surface area contributed by atoms with E-state index in [1.165, 1.54) is 20.8 Å². The smallest absolute Gasteiger partial charge is 0.417 e. The third-order valence-electron chi connectivity index (χ3n) is 6.36. The lowest BCUT2D eigenvalue weighted by Crippen LogP contribution is -2.48. The van der Waals surface area contributed by atoms with Crippen molar-refractivity contribution < 1.29 is 58.6 Å². The van der Waals surface area contributed by atoms with Gasteiger partial charge in [0.2, 0.25) is 0 Å². The van der Waals surface area contributed by atoms with Crippen LogP contribution in [0.2, 0.25) is 5.02 Å². The maximum atomic E-state index is 13.8. The first kappa shape index (κ1) is 33.1. The van der Waals surface area contributed by atoms with Gasteiger partial charge in [-0.15, -0.1) is 0 Å². The fourth-order valence-corrected chi connectivity index (χ4v) is 4.90. The summed E-state index contributed by atoms with van der Waals surface area (Å²) in [5.41, 5.74) is -5.67. The molecule has 0 saturated heterocycles. The summed E-state index contributed by atoms with van der Waals surface area (Å²) >= 11 is 5.94. The van der Waals surface area contributed by atoms with E-state index >= 15 is 0 Å². The maximum Gasteiger partial charge on any atom is 0.417 e. The van der Waals surface area contributed by atoms with E-state index < -0.39 is 82.7 Å². The number of rotatable bonds is 4. The minimum atomic E-state index is -5.17. The summed E-state index contributed by atoms with van der Waals surface area (Å²) in [6, 6.07) is -0.0851. The number of nitrogens with zero attached hydrogens (tertiary/aromatic N) is 2. The molecule has 2 amide bonds. The van der Waals surface area contributed by atoms with Gasteiger partial charge in [-0.2, -0.15) is 39.5 Å². The van der Waals surface area contributed by atoms with Crippen LogP contribution in [0.3, 0.4) is 0 Å². The minimum Gasteiger partial charge on any atom is -0.453 e. The van der Waals surface area contributed by atoms with E-state index in [1.807, 2.05) is 0 Å². The summed E-state index contributed by atoms with van der Waals surface area (Å²) in [5.74, 6) is 0. The number of hydrogen-bond donors (Lipinski definition) is 0. The molecule has 232 valence electrons. The number of benzene rings is 2. The van der Waals surface area contributed by atoms with Gasteiger partial charge >= 0.3 is 30.7 Å². The number of carbonyl (C=O) groups excluding carboxylic acids is 2. The van der Waals surface area contributed by atoms with Crippen LogP contribution in [0.4, 0.5) is 54.8 Å². The van der Waals surface area contributed by atoms with Gasteiger partial charge in [0.1, 0.15) is 0 Å². The molecule has 1 aliphatic rings. The van der Waals surface area contributed by atoms with Crippen LogP contribution >= 0.6 is 11.6 Å². The van der Waals surface area contributed by atoms with Crippen molar-refractivity contribution in [3.63, 3.8) is 0 Å². The van der Waals surface area contributed by atoms with Crippen LogP contribution in [0.15, 0.2) is 30.3 Å². The van der Waals surface area contributed by atoms with Gasteiger partial charge in [-0.3, -0.25) is 9.80 Å². The number of anilines is 1. The molecule has 2 aromatic carbocycles. The Balaban J connectivity index is 2.23. The van der Waals surface area contributed by atoms with E-state index in [1.54, 1.807) is 0 Å². The highest BCUT2D eigenvalue weighted by Gasteiger charge is 2.43. The molecule has 0 saturated carbocycles. The predicted octanol–water partition coefficient (Wildman–Crippen LogP) is 8.85. The van der Waals surface area contributed by atoms with Crippen molar-refractivity contribution in [1.82, 2.24) is 4.90 Å². The summed E-state index contributed by atoms with van der Waals surface area (Å²) < 4.78 is 132. The van der Waals surface area contributed by atoms with Crippen LogP contribution < -0.4 is 4.90 Å². The molecule has 16 heteroatoms. The summed E-state index contributed by atoms with van der Waals surface area (Å²) in [5, 5.41) is -0.818. The maximum absolute atomic E-state index is 13.8. The van der Waals surface area contributed by atoms with Crippen LogP contribution in [0.25, 0.3) is 0 Å². The number of hydrogen-bond acceptors (Lipinski definition) is 4. The molecule has 42 heavy (non-hydrogen) atoms. The summed E-state index contributed by atoms with van der Waals surface area (Å²) in [6.45, 7) is 3.55. The topological polar surface area (TPSA) is 59.1 Å². The van der Waals surface area contributed by atoms with Gasteiger partial charge in [0.15, 0.2) is 0 Å². The van der Waals surface area contributed by atoms with Crippen molar-refractivity contribution in [1.29, 1.82) is 0 Å². The third-order valence-corrected chi connectivity index (χ3v) is 6.68. The van der Waals surface area contributed by atoms with Gasteiger partial charge in [0, 0.05) is 18.2 Å². The molecular weight excluding hydrogens is 611 g/mol. The van der Waals surface area contributed by atoms with Crippen molar-refractivity contribution in [2.45, 2.75) is 70.5 Å². The van der Waals surface area contributed by atoms with Crippen molar-refractivity contribution >= 4 is 29.5 Å². The van der Waals surface area contributed by atoms with Crippen LogP contribution in [0.5, 0.6) is 0 Å². The van der Waals surface area contributed by atoms with Gasteiger partial charge in [-0.1, -0.05) is 11.6 Å². The predicted molar refractivity (Wildman–Crippen MR) is 132 cm³/mol. The molecule has 0 aliphatic carbocycles. The molecule has 0 fully saturated rings. The van der Waals surface area contributed by atoms with E-state index in [0.29, 0.717) is 18.2 Å². The van der Waals surface area contributed by atoms with Crippen LogP contribution in [0.1, 0.15) is 61.1 Å². The second-order valence-electron chi connectivity index (χ2n) is 9.80. The van der Waals surface area contributed by atoms with Crippen LogP contribution in [-0.2, 0) is 34.5 Å². The Hall–Kier alpha value is -3.36. The Morgan fingerprint density at radius 3 is 1.95 bits per heavy atom. The number of fused-ring (bicyclic) bond motifs is 1. The largest absolute Gasteiger partial charge is 0.453 e. The Morgan fingerprint density at radius 1 is 0.952 bits per heavy atom. The molecular formula is C26H24ClF9N2O4. The molecule has 1 aliphatic heterocycles. The summed E-state index contributed by atoms with van der Waals surface area (Å²) in [4.78, 5) is 27.5. The highest BCUT2D eigenvalue weighted by molar-refractivity contribution is 6.31. The fourth-order valence-electron chi connectivity index (χ4n) is 4.62. The molecule has 6 nitrogen and oxygen atoms in total. The van der Waals surface area contributed by atoms with Crippen molar-refractivity contribution in [2.75, 3.05) is 12.0 Å². The normalized spacial score (nSPS) is 17.6. The van der Waals surface area contributed by atoms with Gasteiger partial charge in [-0.25, -0.2) is 9.59 Å². The third kappa shape index (κ3) is 7.16. The average molecular weight is 635 g/mol. The number of carbonyl (C=O) groups is 2. The number of ether oxygens (including phenoxy) is 2. The molecule has 0 aromatic heterocycles. The van der Waals surface area contributed by atoms with E-state index in [2.05, 4.69) is 0 Å². The molecule has 2 aromatic rings. The Morgan fingerprint density at radius 2 is 1.50 bits per heavy atom. The summed E-state index contributed by atoms with van der Waals surface area (Å²) in [7, 11) is 0.905. The standard InChI is InChI=1S/C26H24ClF9N2O4/c1-12(2)42-23(40)38-13(3)5-20(17-9-19(27)18(10-21(17)38)26(34,35)36)37(22(39)41-4)11-14-6-15(24(28,29)30)8-16(7-14)25(31,32)33/h6-10,12-13,20H,5,11H2,1-4H3/t13-,20+/m0/s1. The zero-order valence-corrected chi connectivity index (χ0v) is 23.1. The van der Waals surface area contributed by atoms with Crippen molar-refractivity contribution in [3.8, 4) is 0 Å². The van der Waals surface area contributed by atoms with Crippen molar-refractivity contribution in [2.24, 2.45) is 0 Å². The van der Waals surface area contributed by atoms with Gasteiger partial charge in [-0.05, 0) is 63.1 Å². The lowest BCUT2D eigenvalue weighted by atomic mass is 9.89. The van der Waals surface area contributed by atoms with Gasteiger partial charge < -0.3 is 9.47 Å². The number of methoxy groups -OCH3 is 1.